The summed E-state index contributed by atoms with van der Waals surface area (Å²) >= 11 is 5.45. The Labute approximate surface area is 195 Å². The first-order valence-corrected chi connectivity index (χ1v) is 12.3. The molecule has 5 atom stereocenters. The average Bonchev–Trinajstić information content (AvgIpc) is 3.47. The number of methoxy groups -OCH3 is 1. The molecule has 1 aromatic rings. The van der Waals surface area contributed by atoms with Crippen LogP contribution in [-0.4, -0.2) is 58.7 Å². The Bertz CT molecular complexity index is 904. The number of benzene rings is 1. The van der Waals surface area contributed by atoms with Gasteiger partial charge in [-0.1, -0.05) is 24.7 Å². The van der Waals surface area contributed by atoms with Crippen molar-refractivity contribution in [1.82, 2.24) is 5.32 Å². The third kappa shape index (κ3) is 4.53. The molecule has 0 aromatic heterocycles. The molecule has 2 N–H and O–H groups in total. The minimum Gasteiger partial charge on any atom is -0.497 e. The van der Waals surface area contributed by atoms with Gasteiger partial charge in [-0.3, -0.25) is 10.1 Å². The maximum atomic E-state index is 13.1. The fourth-order valence-corrected chi connectivity index (χ4v) is 6.10. The predicted octanol–water partition coefficient (Wildman–Crippen LogP) is 3.41. The molecule has 7 heteroatoms. The molecule has 1 aromatic carbocycles. The lowest BCUT2D eigenvalue weighted by molar-refractivity contribution is -1.05. The molecule has 1 amide bonds. The smallest absolute Gasteiger partial charge is 0.363 e. The summed E-state index contributed by atoms with van der Waals surface area (Å²) in [5, 5.41) is 14.0. The Kier molecular flexibility index (Phi) is 7.10. The molecule has 3 aliphatic rings. The molecule has 2 saturated heterocycles. The van der Waals surface area contributed by atoms with Crippen molar-refractivity contribution < 1.29 is 24.2 Å². The fraction of sp³-hybridized carbons (Fsp3) is 0.640. The number of likely N-dealkylation sites (tertiary alicyclic amines) is 1. The number of amides is 1. The molecule has 32 heavy (non-hydrogen) atoms. The molecule has 1 aliphatic carbocycles. The van der Waals surface area contributed by atoms with Crippen LogP contribution in [-0.2, 0) is 22.4 Å². The molecule has 2 aliphatic heterocycles. The van der Waals surface area contributed by atoms with Crippen LogP contribution in [0.1, 0.15) is 56.6 Å². The standard InChI is InChI=1S/C25H35N2O4S/c1-16-6-5-11-27(16,30)25(29)24-23(22(32)15-26-24)21(28)8-4-3-7-17-12-18-9-10-20(31-2)14-19(18)13-17/h9-10,14,16-17,23-24,26,30H,3-8,11-13,15H2,1-2H3/q+1/t16-,17?,23?,24+,27?/m1/s1. The van der Waals surface area contributed by atoms with Gasteiger partial charge in [-0.2, -0.15) is 0 Å². The zero-order valence-electron chi connectivity index (χ0n) is 19.1. The van der Waals surface area contributed by atoms with Gasteiger partial charge in [-0.15, -0.1) is 4.65 Å². The van der Waals surface area contributed by atoms with Gasteiger partial charge in [0.2, 0.25) is 0 Å². The van der Waals surface area contributed by atoms with Gasteiger partial charge >= 0.3 is 5.91 Å². The van der Waals surface area contributed by atoms with Gasteiger partial charge in [0.1, 0.15) is 30.2 Å². The van der Waals surface area contributed by atoms with Crippen molar-refractivity contribution in [1.29, 1.82) is 0 Å². The van der Waals surface area contributed by atoms with Gasteiger partial charge in [0.05, 0.1) is 13.0 Å². The topological polar surface area (TPSA) is 75.6 Å². The van der Waals surface area contributed by atoms with Crippen LogP contribution >= 0.6 is 12.2 Å². The molecule has 0 bridgehead atoms. The van der Waals surface area contributed by atoms with Gasteiger partial charge in [-0.25, -0.2) is 10.0 Å². The number of ether oxygens (including phenoxy) is 1. The van der Waals surface area contributed by atoms with E-state index < -0.39 is 16.6 Å². The number of nitrogens with one attached hydrogen (secondary N) is 1. The molecule has 174 valence electrons. The largest absolute Gasteiger partial charge is 0.497 e. The summed E-state index contributed by atoms with van der Waals surface area (Å²) in [6.45, 7) is 2.70. The highest BCUT2D eigenvalue weighted by atomic mass is 32.1. The van der Waals surface area contributed by atoms with Gasteiger partial charge in [0, 0.05) is 30.7 Å². The number of fused-ring (bicyclic) bond motifs is 1. The first kappa shape index (κ1) is 23.5. The number of hydrogen-bond donors (Lipinski definition) is 2. The van der Waals surface area contributed by atoms with Crippen molar-refractivity contribution >= 4 is 28.8 Å². The fourth-order valence-electron chi connectivity index (χ4n) is 5.75. The quantitative estimate of drug-likeness (QED) is 0.269. The Balaban J connectivity index is 1.27. The van der Waals surface area contributed by atoms with E-state index >= 15 is 0 Å². The summed E-state index contributed by atoms with van der Waals surface area (Å²) in [7, 11) is 1.70. The van der Waals surface area contributed by atoms with E-state index in [1.54, 1.807) is 7.11 Å². The van der Waals surface area contributed by atoms with Crippen molar-refractivity contribution in [2.24, 2.45) is 11.8 Å². The van der Waals surface area contributed by atoms with E-state index in [1.165, 1.54) is 11.1 Å². The van der Waals surface area contributed by atoms with Crippen LogP contribution in [0, 0.1) is 11.8 Å². The summed E-state index contributed by atoms with van der Waals surface area (Å²) in [5.41, 5.74) is 2.79. The molecule has 4 rings (SSSR count). The third-order valence-corrected chi connectivity index (χ3v) is 8.14. The van der Waals surface area contributed by atoms with Gasteiger partial charge < -0.3 is 4.74 Å². The SMILES string of the molecule is COc1ccc2c(c1)CC(CCCCC(=O)C1C(=S)CN[C@@H]1C(=O)[N+]1(O)CCC[C@H]1C)C2. The molecule has 0 saturated carbocycles. The highest BCUT2D eigenvalue weighted by Crippen LogP contribution is 2.33. The lowest BCUT2D eigenvalue weighted by Crippen LogP contribution is -2.60. The van der Waals surface area contributed by atoms with E-state index in [1.807, 2.05) is 13.0 Å². The second kappa shape index (κ2) is 9.67. The van der Waals surface area contributed by atoms with Crippen LogP contribution in [0.25, 0.3) is 0 Å². The van der Waals surface area contributed by atoms with E-state index in [4.69, 9.17) is 17.0 Å². The molecule has 0 spiro atoms. The van der Waals surface area contributed by atoms with Crippen LogP contribution in [0.3, 0.4) is 0 Å². The van der Waals surface area contributed by atoms with Crippen molar-refractivity contribution in [3.8, 4) is 5.75 Å². The number of nitrogens with zero attached hydrogens (tertiary/aromatic N) is 1. The van der Waals surface area contributed by atoms with Gasteiger partial charge in [0.25, 0.3) is 0 Å². The lowest BCUT2D eigenvalue weighted by atomic mass is 9.90. The van der Waals surface area contributed by atoms with Crippen LogP contribution in [0.15, 0.2) is 18.2 Å². The molecular weight excluding hydrogens is 424 g/mol. The Morgan fingerprint density at radius 2 is 2.03 bits per heavy atom. The normalized spacial score (nSPS) is 31.7. The summed E-state index contributed by atoms with van der Waals surface area (Å²) in [6, 6.07) is 5.50. The number of hydrogen-bond acceptors (Lipinski definition) is 6. The van der Waals surface area contributed by atoms with E-state index in [-0.39, 0.29) is 17.7 Å². The zero-order chi connectivity index (χ0) is 22.9. The number of quaternary nitrogens is 1. The maximum Gasteiger partial charge on any atom is 0.363 e. The van der Waals surface area contributed by atoms with Crippen molar-refractivity contribution in [3.05, 3.63) is 29.3 Å². The Hall–Kier alpha value is -1.67. The summed E-state index contributed by atoms with van der Waals surface area (Å²) in [5.74, 6) is 0.681. The van der Waals surface area contributed by atoms with E-state index in [0.717, 1.165) is 50.7 Å². The summed E-state index contributed by atoms with van der Waals surface area (Å²) in [4.78, 5) is 26.8. The second-order valence-electron chi connectivity index (χ2n) is 9.80. The Morgan fingerprint density at radius 1 is 1.25 bits per heavy atom. The molecule has 2 heterocycles. The monoisotopic (exact) mass is 459 g/mol. The summed E-state index contributed by atoms with van der Waals surface area (Å²) in [6.07, 6.45) is 7.12. The van der Waals surface area contributed by atoms with E-state index in [0.29, 0.717) is 30.3 Å². The minimum atomic E-state index is -0.695. The highest BCUT2D eigenvalue weighted by molar-refractivity contribution is 7.80. The lowest BCUT2D eigenvalue weighted by Gasteiger charge is -2.30. The van der Waals surface area contributed by atoms with Crippen molar-refractivity contribution in [3.63, 3.8) is 0 Å². The van der Waals surface area contributed by atoms with Crippen molar-refractivity contribution in [2.75, 3.05) is 20.2 Å². The second-order valence-corrected chi connectivity index (χ2v) is 10.3. The highest BCUT2D eigenvalue weighted by Gasteiger charge is 2.54. The van der Waals surface area contributed by atoms with Crippen molar-refractivity contribution in [2.45, 2.75) is 70.4 Å². The maximum absolute atomic E-state index is 13.1. The zero-order valence-corrected chi connectivity index (χ0v) is 20.0. The van der Waals surface area contributed by atoms with Crippen LogP contribution in [0.4, 0.5) is 0 Å². The summed E-state index contributed by atoms with van der Waals surface area (Å²) < 4.78 is 4.76. The first-order valence-electron chi connectivity index (χ1n) is 11.9. The Morgan fingerprint density at radius 3 is 2.75 bits per heavy atom. The van der Waals surface area contributed by atoms with Crippen LogP contribution in [0.2, 0.25) is 0 Å². The number of rotatable bonds is 8. The predicted molar refractivity (Wildman–Crippen MR) is 126 cm³/mol. The van der Waals surface area contributed by atoms with Crippen LogP contribution in [0.5, 0.6) is 5.75 Å². The molecular formula is C25H35N2O4S+. The van der Waals surface area contributed by atoms with Gasteiger partial charge in [-0.05, 0) is 61.8 Å². The average molecular weight is 460 g/mol. The molecule has 0 radical (unpaired) electrons. The number of thiocarbonyl (C=S) groups is 1. The number of carbonyl (C=O) groups excluding carboxylic acids is 2. The van der Waals surface area contributed by atoms with E-state index in [2.05, 4.69) is 17.4 Å². The number of Topliss-reactive ketones (excluding diaryl/α,β-unsaturated/α-hetero) is 1. The number of carbonyl (C=O) groups is 2. The van der Waals surface area contributed by atoms with Crippen LogP contribution < -0.4 is 10.1 Å². The van der Waals surface area contributed by atoms with Gasteiger partial charge in [0.15, 0.2) is 0 Å². The van der Waals surface area contributed by atoms with E-state index in [9.17, 15) is 14.8 Å². The molecule has 2 fully saturated rings. The number of unbranched alkanes of at least 4 members (excludes halogenated alkanes) is 1. The first-order chi connectivity index (χ1) is 15.3. The number of ketones is 1. The number of hydroxylamine groups is 3. The third-order valence-electron chi connectivity index (χ3n) is 7.74. The molecule has 6 nitrogen and oxygen atoms in total. The minimum absolute atomic E-state index is 0.0382. The molecule has 3 unspecified atom stereocenters.